The molecule has 14 heavy (non-hydrogen) atoms. The molecule has 0 aliphatic heterocycles. The minimum Gasteiger partial charge on any atom is -0.292 e. The third-order valence-electron chi connectivity index (χ3n) is 1.66. The number of pyridine rings is 1. The molecule has 0 aromatic carbocycles. The largest absolute Gasteiger partial charge is 0.292 e. The van der Waals surface area contributed by atoms with Crippen LogP contribution in [0.2, 0.25) is 0 Å². The van der Waals surface area contributed by atoms with Crippen molar-refractivity contribution in [3.8, 4) is 0 Å². The summed E-state index contributed by atoms with van der Waals surface area (Å²) in [5.74, 6) is -1.71. The minimum absolute atomic E-state index is 0.210. The first kappa shape index (κ1) is 10.2. The molecule has 0 spiro atoms. The number of aromatic nitrogens is 1. The van der Waals surface area contributed by atoms with Crippen molar-refractivity contribution in [3.05, 3.63) is 30.1 Å². The summed E-state index contributed by atoms with van der Waals surface area (Å²) in [7, 11) is 0. The van der Waals surface area contributed by atoms with E-state index < -0.39 is 23.8 Å². The highest BCUT2D eigenvalue weighted by atomic mass is 16.2. The van der Waals surface area contributed by atoms with Crippen LogP contribution in [-0.2, 0) is 9.59 Å². The molecule has 1 rings (SSSR count). The number of carbonyl (C=O) groups excluding carboxylic acids is 3. The molecule has 1 aromatic rings. The predicted molar refractivity (Wildman–Crippen MR) is 48.9 cm³/mol. The van der Waals surface area contributed by atoms with Gasteiger partial charge >= 0.3 is 0 Å². The Morgan fingerprint density at radius 2 is 2.00 bits per heavy atom. The van der Waals surface area contributed by atoms with Gasteiger partial charge in [-0.1, -0.05) is 6.07 Å². The molecule has 4 nitrogen and oxygen atoms in total. The lowest BCUT2D eigenvalue weighted by Gasteiger charge is -1.96. The molecule has 1 heterocycles. The van der Waals surface area contributed by atoms with Gasteiger partial charge in [-0.3, -0.25) is 19.4 Å². The van der Waals surface area contributed by atoms with Gasteiger partial charge in [-0.2, -0.15) is 0 Å². The van der Waals surface area contributed by atoms with Gasteiger partial charge in [0.2, 0.25) is 5.78 Å². The SMILES string of the molecule is CC(=O)C(=O)CC(=O)c1ccccn1. The van der Waals surface area contributed by atoms with Gasteiger partial charge in [0.05, 0.1) is 6.42 Å². The standard InChI is InChI=1S/C10H9NO3/c1-7(12)9(13)6-10(14)8-4-2-3-5-11-8/h2-5H,6H2,1H3. The van der Waals surface area contributed by atoms with Crippen molar-refractivity contribution in [3.63, 3.8) is 0 Å². The Morgan fingerprint density at radius 3 is 2.50 bits per heavy atom. The fourth-order valence-electron chi connectivity index (χ4n) is 0.889. The molecule has 0 fully saturated rings. The number of nitrogens with zero attached hydrogens (tertiary/aromatic N) is 1. The smallest absolute Gasteiger partial charge is 0.205 e. The zero-order valence-electron chi connectivity index (χ0n) is 7.69. The van der Waals surface area contributed by atoms with Crippen LogP contribution in [-0.4, -0.2) is 22.3 Å². The Labute approximate surface area is 81.0 Å². The molecule has 0 atom stereocenters. The first-order valence-electron chi connectivity index (χ1n) is 4.09. The first-order chi connectivity index (χ1) is 6.61. The average Bonchev–Trinajstić information content (AvgIpc) is 2.19. The van der Waals surface area contributed by atoms with E-state index in [4.69, 9.17) is 0 Å². The Hall–Kier alpha value is -1.84. The highest BCUT2D eigenvalue weighted by Gasteiger charge is 2.15. The highest BCUT2D eigenvalue weighted by molar-refractivity contribution is 6.40. The number of Topliss-reactive ketones (excluding diaryl/α,β-unsaturated/α-hetero) is 3. The lowest BCUT2D eigenvalue weighted by Crippen LogP contribution is -2.15. The van der Waals surface area contributed by atoms with E-state index in [1.54, 1.807) is 12.1 Å². The molecule has 0 unspecified atom stereocenters. The Bertz CT molecular complexity index is 370. The fraction of sp³-hybridized carbons (Fsp3) is 0.200. The summed E-state index contributed by atoms with van der Waals surface area (Å²) >= 11 is 0. The van der Waals surface area contributed by atoms with Gasteiger partial charge in [0.1, 0.15) is 5.69 Å². The van der Waals surface area contributed by atoms with Crippen LogP contribution >= 0.6 is 0 Å². The van der Waals surface area contributed by atoms with E-state index in [1.165, 1.54) is 12.3 Å². The van der Waals surface area contributed by atoms with E-state index in [0.29, 0.717) is 0 Å². The van der Waals surface area contributed by atoms with E-state index in [2.05, 4.69) is 4.98 Å². The first-order valence-corrected chi connectivity index (χ1v) is 4.09. The van der Waals surface area contributed by atoms with Gasteiger partial charge in [-0.25, -0.2) is 0 Å². The van der Waals surface area contributed by atoms with Gasteiger partial charge in [0, 0.05) is 13.1 Å². The molecule has 1 aromatic heterocycles. The summed E-state index contributed by atoms with van der Waals surface area (Å²) in [5, 5.41) is 0. The molecule has 0 N–H and O–H groups in total. The maximum absolute atomic E-state index is 11.3. The van der Waals surface area contributed by atoms with E-state index in [0.717, 1.165) is 6.92 Å². The van der Waals surface area contributed by atoms with Gasteiger partial charge in [0.15, 0.2) is 11.6 Å². The quantitative estimate of drug-likeness (QED) is 0.401. The Morgan fingerprint density at radius 1 is 1.29 bits per heavy atom. The monoisotopic (exact) mass is 191 g/mol. The summed E-state index contributed by atoms with van der Waals surface area (Å²) in [6.07, 6.45) is 1.07. The van der Waals surface area contributed by atoms with Gasteiger partial charge in [0.25, 0.3) is 0 Å². The third-order valence-corrected chi connectivity index (χ3v) is 1.66. The van der Waals surface area contributed by atoms with Gasteiger partial charge in [-0.15, -0.1) is 0 Å². The second kappa shape index (κ2) is 4.41. The van der Waals surface area contributed by atoms with Crippen molar-refractivity contribution in [2.24, 2.45) is 0 Å². The molecule has 72 valence electrons. The Balaban J connectivity index is 2.69. The molecular formula is C10H9NO3. The average molecular weight is 191 g/mol. The van der Waals surface area contributed by atoms with Crippen LogP contribution < -0.4 is 0 Å². The minimum atomic E-state index is -0.680. The van der Waals surface area contributed by atoms with Crippen LogP contribution in [0, 0.1) is 0 Å². The normalized spacial score (nSPS) is 9.50. The van der Waals surface area contributed by atoms with Crippen LogP contribution in [0.4, 0.5) is 0 Å². The number of hydrogen-bond donors (Lipinski definition) is 0. The van der Waals surface area contributed by atoms with Crippen molar-refractivity contribution in [1.29, 1.82) is 0 Å². The van der Waals surface area contributed by atoms with Crippen LogP contribution in [0.5, 0.6) is 0 Å². The molecule has 0 saturated carbocycles. The van der Waals surface area contributed by atoms with E-state index in [-0.39, 0.29) is 5.69 Å². The molecule has 4 heteroatoms. The predicted octanol–water partition coefficient (Wildman–Crippen LogP) is 0.812. The van der Waals surface area contributed by atoms with Gasteiger partial charge in [-0.05, 0) is 12.1 Å². The molecule has 0 radical (unpaired) electrons. The summed E-state index contributed by atoms with van der Waals surface area (Å²) in [6, 6.07) is 4.83. The maximum atomic E-state index is 11.3. The molecule has 0 amide bonds. The van der Waals surface area contributed by atoms with Crippen LogP contribution in [0.3, 0.4) is 0 Å². The number of ketones is 3. The Kier molecular flexibility index (Phi) is 3.23. The summed E-state index contributed by atoms with van der Waals surface area (Å²) < 4.78 is 0. The molecular weight excluding hydrogens is 182 g/mol. The number of rotatable bonds is 4. The van der Waals surface area contributed by atoms with Crippen LogP contribution in [0.1, 0.15) is 23.8 Å². The topological polar surface area (TPSA) is 64.1 Å². The lowest BCUT2D eigenvalue weighted by molar-refractivity contribution is -0.134. The molecule has 0 aliphatic carbocycles. The zero-order valence-corrected chi connectivity index (χ0v) is 7.69. The zero-order chi connectivity index (χ0) is 10.6. The summed E-state index contributed by atoms with van der Waals surface area (Å²) in [4.78, 5) is 36.6. The third kappa shape index (κ3) is 2.58. The number of carbonyl (C=O) groups is 3. The summed E-state index contributed by atoms with van der Waals surface area (Å²) in [6.45, 7) is 1.15. The lowest BCUT2D eigenvalue weighted by atomic mass is 10.1. The van der Waals surface area contributed by atoms with E-state index in [1.807, 2.05) is 0 Å². The van der Waals surface area contributed by atoms with Crippen molar-refractivity contribution >= 4 is 17.3 Å². The highest BCUT2D eigenvalue weighted by Crippen LogP contribution is 1.99. The van der Waals surface area contributed by atoms with Crippen molar-refractivity contribution in [2.45, 2.75) is 13.3 Å². The number of hydrogen-bond acceptors (Lipinski definition) is 4. The van der Waals surface area contributed by atoms with E-state index >= 15 is 0 Å². The van der Waals surface area contributed by atoms with Crippen molar-refractivity contribution < 1.29 is 14.4 Å². The molecule has 0 saturated heterocycles. The summed E-state index contributed by atoms with van der Waals surface area (Å²) in [5.41, 5.74) is 0.210. The fourth-order valence-corrected chi connectivity index (χ4v) is 0.889. The van der Waals surface area contributed by atoms with Gasteiger partial charge < -0.3 is 0 Å². The van der Waals surface area contributed by atoms with E-state index in [9.17, 15) is 14.4 Å². The molecule has 0 bridgehead atoms. The second-order valence-corrected chi connectivity index (χ2v) is 2.79. The maximum Gasteiger partial charge on any atom is 0.205 e. The second-order valence-electron chi connectivity index (χ2n) is 2.79. The van der Waals surface area contributed by atoms with Crippen LogP contribution in [0.15, 0.2) is 24.4 Å². The molecule has 0 aliphatic rings. The van der Waals surface area contributed by atoms with Crippen LogP contribution in [0.25, 0.3) is 0 Å². The van der Waals surface area contributed by atoms with Crippen molar-refractivity contribution in [2.75, 3.05) is 0 Å². The van der Waals surface area contributed by atoms with Crippen molar-refractivity contribution in [1.82, 2.24) is 4.98 Å².